The van der Waals surface area contributed by atoms with Gasteiger partial charge in [-0.1, -0.05) is 6.92 Å². The summed E-state index contributed by atoms with van der Waals surface area (Å²) in [6.07, 6.45) is 5.54. The van der Waals surface area contributed by atoms with Gasteiger partial charge in [0.15, 0.2) is 0 Å². The average molecular weight is 293 g/mol. The molecule has 7 heteroatoms. The number of aromatic nitrogens is 2. The van der Waals surface area contributed by atoms with E-state index in [9.17, 15) is 4.79 Å². The first kappa shape index (κ1) is 17.1. The van der Waals surface area contributed by atoms with E-state index in [0.29, 0.717) is 11.6 Å². The number of amides is 1. The third-order valence-corrected chi connectivity index (χ3v) is 2.90. The molecule has 1 fully saturated rings. The Morgan fingerprint density at radius 3 is 2.83 bits per heavy atom. The first-order chi connectivity index (χ1) is 7.77. The maximum absolute atomic E-state index is 11.8. The summed E-state index contributed by atoms with van der Waals surface area (Å²) >= 11 is 0. The number of nitrogens with one attached hydrogen (secondary N) is 2. The minimum Gasteiger partial charge on any atom is -0.348 e. The van der Waals surface area contributed by atoms with Crippen molar-refractivity contribution in [1.29, 1.82) is 0 Å². The van der Waals surface area contributed by atoms with Crippen LogP contribution in [0, 0.1) is 5.92 Å². The predicted molar refractivity (Wildman–Crippen MR) is 74.4 cm³/mol. The molecule has 1 aromatic rings. The van der Waals surface area contributed by atoms with Crippen molar-refractivity contribution < 1.29 is 4.79 Å². The lowest BCUT2D eigenvalue weighted by Crippen LogP contribution is -2.48. The molecule has 0 aliphatic carbocycles. The van der Waals surface area contributed by atoms with Crippen LogP contribution in [0.25, 0.3) is 0 Å². The fourth-order valence-corrected chi connectivity index (χ4v) is 1.89. The van der Waals surface area contributed by atoms with E-state index in [-0.39, 0.29) is 36.8 Å². The summed E-state index contributed by atoms with van der Waals surface area (Å²) in [5.74, 6) is 0.321. The highest BCUT2D eigenvalue weighted by atomic mass is 35.5. The molecule has 2 heterocycles. The third-order valence-electron chi connectivity index (χ3n) is 2.90. The van der Waals surface area contributed by atoms with Crippen LogP contribution in [0.5, 0.6) is 0 Å². The molecule has 18 heavy (non-hydrogen) atoms. The van der Waals surface area contributed by atoms with Crippen LogP contribution in [0.2, 0.25) is 0 Å². The number of nitrogens with zero attached hydrogens (tertiary/aromatic N) is 2. The van der Waals surface area contributed by atoms with E-state index in [1.807, 2.05) is 0 Å². The fourth-order valence-electron chi connectivity index (χ4n) is 1.89. The second-order valence-electron chi connectivity index (χ2n) is 4.14. The molecular weight excluding hydrogens is 275 g/mol. The second-order valence-corrected chi connectivity index (χ2v) is 4.14. The first-order valence-electron chi connectivity index (χ1n) is 5.55. The maximum Gasteiger partial charge on any atom is 0.271 e. The van der Waals surface area contributed by atoms with Gasteiger partial charge in [-0.05, 0) is 25.4 Å². The molecule has 1 aliphatic heterocycles. The zero-order chi connectivity index (χ0) is 11.4. The molecular formula is C11H18Cl2N4O. The lowest BCUT2D eigenvalue weighted by molar-refractivity contribution is 0.0908. The molecule has 0 aromatic carbocycles. The Morgan fingerprint density at radius 1 is 1.44 bits per heavy atom. The van der Waals surface area contributed by atoms with Crippen LogP contribution in [-0.4, -0.2) is 35.0 Å². The van der Waals surface area contributed by atoms with Crippen LogP contribution in [-0.2, 0) is 0 Å². The van der Waals surface area contributed by atoms with Crippen LogP contribution in [0.15, 0.2) is 18.6 Å². The minimum absolute atomic E-state index is 0. The van der Waals surface area contributed by atoms with Gasteiger partial charge in [-0.2, -0.15) is 0 Å². The van der Waals surface area contributed by atoms with Crippen LogP contribution in [0.4, 0.5) is 0 Å². The summed E-state index contributed by atoms with van der Waals surface area (Å²) in [5.41, 5.74) is 0.383. The largest absolute Gasteiger partial charge is 0.348 e. The van der Waals surface area contributed by atoms with Crippen molar-refractivity contribution in [3.05, 3.63) is 24.3 Å². The van der Waals surface area contributed by atoms with Gasteiger partial charge in [-0.15, -0.1) is 24.8 Å². The quantitative estimate of drug-likeness (QED) is 0.855. The molecule has 1 aliphatic rings. The Kier molecular flexibility index (Phi) is 7.82. The average Bonchev–Trinajstić information content (AvgIpc) is 2.33. The van der Waals surface area contributed by atoms with Crippen molar-refractivity contribution in [2.24, 2.45) is 5.92 Å². The summed E-state index contributed by atoms with van der Waals surface area (Å²) in [7, 11) is 0. The van der Waals surface area contributed by atoms with Gasteiger partial charge in [0.25, 0.3) is 5.91 Å². The molecule has 2 rings (SSSR count). The topological polar surface area (TPSA) is 66.9 Å². The first-order valence-corrected chi connectivity index (χ1v) is 5.55. The molecule has 1 saturated heterocycles. The van der Waals surface area contributed by atoms with Gasteiger partial charge in [0.1, 0.15) is 5.69 Å². The van der Waals surface area contributed by atoms with Crippen molar-refractivity contribution in [1.82, 2.24) is 20.6 Å². The molecule has 5 nitrogen and oxygen atoms in total. The Bertz CT molecular complexity index is 363. The number of carbonyl (C=O) groups excluding carboxylic acids is 1. The van der Waals surface area contributed by atoms with Crippen LogP contribution < -0.4 is 10.6 Å². The van der Waals surface area contributed by atoms with Crippen molar-refractivity contribution in [2.45, 2.75) is 19.4 Å². The summed E-state index contributed by atoms with van der Waals surface area (Å²) in [4.78, 5) is 19.7. The van der Waals surface area contributed by atoms with Gasteiger partial charge in [0, 0.05) is 18.4 Å². The lowest BCUT2D eigenvalue weighted by atomic mass is 9.95. The van der Waals surface area contributed by atoms with E-state index >= 15 is 0 Å². The number of rotatable bonds is 2. The predicted octanol–water partition coefficient (Wildman–Crippen LogP) is 1.05. The maximum atomic E-state index is 11.8. The highest BCUT2D eigenvalue weighted by Crippen LogP contribution is 2.10. The van der Waals surface area contributed by atoms with Crippen LogP contribution in [0.3, 0.4) is 0 Å². The van der Waals surface area contributed by atoms with E-state index in [1.54, 1.807) is 6.20 Å². The van der Waals surface area contributed by atoms with Gasteiger partial charge in [0.05, 0.1) is 6.20 Å². The molecule has 102 valence electrons. The van der Waals surface area contributed by atoms with E-state index in [0.717, 1.165) is 19.5 Å². The molecule has 2 N–H and O–H groups in total. The number of hydrogen-bond donors (Lipinski definition) is 2. The minimum atomic E-state index is -0.133. The van der Waals surface area contributed by atoms with Crippen LogP contribution >= 0.6 is 24.8 Å². The monoisotopic (exact) mass is 292 g/mol. The summed E-state index contributed by atoms with van der Waals surface area (Å²) in [6.45, 7) is 4.04. The SMILES string of the molecule is CC1CNCCC1NC(=O)c1cnccn1.Cl.Cl. The smallest absolute Gasteiger partial charge is 0.271 e. The Balaban J connectivity index is 0.00000144. The summed E-state index contributed by atoms with van der Waals surface area (Å²) in [5, 5.41) is 6.30. The normalized spacial score (nSPS) is 22.3. The Hall–Kier alpha value is -0.910. The van der Waals surface area contributed by atoms with E-state index in [2.05, 4.69) is 27.5 Å². The van der Waals surface area contributed by atoms with Crippen LogP contribution in [0.1, 0.15) is 23.8 Å². The highest BCUT2D eigenvalue weighted by Gasteiger charge is 2.23. The van der Waals surface area contributed by atoms with Crippen molar-refractivity contribution in [3.63, 3.8) is 0 Å². The molecule has 0 saturated carbocycles. The number of hydrogen-bond acceptors (Lipinski definition) is 4. The van der Waals surface area contributed by atoms with Gasteiger partial charge >= 0.3 is 0 Å². The van der Waals surface area contributed by atoms with Crippen molar-refractivity contribution in [3.8, 4) is 0 Å². The van der Waals surface area contributed by atoms with Gasteiger partial charge in [-0.3, -0.25) is 9.78 Å². The Labute approximate surface area is 119 Å². The third kappa shape index (κ3) is 4.40. The molecule has 2 unspecified atom stereocenters. The molecule has 1 aromatic heterocycles. The zero-order valence-corrected chi connectivity index (χ0v) is 11.8. The van der Waals surface area contributed by atoms with Crippen molar-refractivity contribution >= 4 is 30.7 Å². The molecule has 0 spiro atoms. The second kappa shape index (κ2) is 8.24. The Morgan fingerprint density at radius 2 is 2.22 bits per heavy atom. The fraction of sp³-hybridized carbons (Fsp3) is 0.545. The van der Waals surface area contributed by atoms with E-state index < -0.39 is 0 Å². The van der Waals surface area contributed by atoms with E-state index in [1.165, 1.54) is 12.4 Å². The zero-order valence-electron chi connectivity index (χ0n) is 10.1. The van der Waals surface area contributed by atoms with Gasteiger partial charge < -0.3 is 10.6 Å². The number of carbonyl (C=O) groups is 1. The molecule has 1 amide bonds. The van der Waals surface area contributed by atoms with Gasteiger partial charge in [-0.25, -0.2) is 4.98 Å². The molecule has 2 atom stereocenters. The van der Waals surface area contributed by atoms with Gasteiger partial charge in [0.2, 0.25) is 0 Å². The number of halogens is 2. The van der Waals surface area contributed by atoms with Crippen molar-refractivity contribution in [2.75, 3.05) is 13.1 Å². The summed E-state index contributed by atoms with van der Waals surface area (Å²) < 4.78 is 0. The molecule has 0 bridgehead atoms. The molecule has 0 radical (unpaired) electrons. The highest BCUT2D eigenvalue weighted by molar-refractivity contribution is 5.92. The lowest BCUT2D eigenvalue weighted by Gasteiger charge is -2.30. The van der Waals surface area contributed by atoms with E-state index in [4.69, 9.17) is 0 Å². The number of piperidine rings is 1. The standard InChI is InChI=1S/C11H16N4O.2ClH/c1-8-6-12-3-2-9(8)15-11(16)10-7-13-4-5-14-10;;/h4-5,7-9,12H,2-3,6H2,1H3,(H,15,16);2*1H. The summed E-state index contributed by atoms with van der Waals surface area (Å²) in [6, 6.07) is 0.232.